The minimum atomic E-state index is -2.07. The number of carbonyl (C=O) groups excluding carboxylic acids is 10. The van der Waals surface area contributed by atoms with Gasteiger partial charge in [-0.15, -0.1) is 0 Å². The number of anilines is 1. The fourth-order valence-electron chi connectivity index (χ4n) is 10.9. The summed E-state index contributed by atoms with van der Waals surface area (Å²) in [6.45, 7) is 7.95. The Hall–Kier alpha value is -9.11. The number of pyridine rings is 2. The van der Waals surface area contributed by atoms with Crippen molar-refractivity contribution in [3.63, 3.8) is 0 Å². The molecule has 458 valence electrons. The van der Waals surface area contributed by atoms with E-state index in [0.29, 0.717) is 87.5 Å². The summed E-state index contributed by atoms with van der Waals surface area (Å²) in [5.41, 5.74) is 7.09. The highest BCUT2D eigenvalue weighted by Gasteiger charge is 2.46. The van der Waals surface area contributed by atoms with Gasteiger partial charge >= 0.3 is 18.1 Å². The number of imide groups is 1. The van der Waals surface area contributed by atoms with Crippen LogP contribution >= 0.6 is 0 Å². The molecule has 2 aromatic heterocycles. The van der Waals surface area contributed by atoms with Gasteiger partial charge in [0, 0.05) is 73.1 Å². The molecule has 0 saturated heterocycles. The number of halogens is 1. The van der Waals surface area contributed by atoms with Crippen LogP contribution < -0.4 is 48.5 Å². The number of carbonyl (C=O) groups is 10. The molecule has 4 aromatic rings. The van der Waals surface area contributed by atoms with E-state index >= 15 is 4.39 Å². The van der Waals surface area contributed by atoms with Gasteiger partial charge in [0.05, 0.1) is 35.1 Å². The van der Waals surface area contributed by atoms with Crippen LogP contribution in [0.4, 0.5) is 19.7 Å². The molecular formula is C59H70FN11O15. The Morgan fingerprint density at radius 2 is 1.59 bits per heavy atom. The van der Waals surface area contributed by atoms with Gasteiger partial charge in [0.25, 0.3) is 17.4 Å². The van der Waals surface area contributed by atoms with Gasteiger partial charge in [-0.05, 0) is 105 Å². The molecular weight excluding hydrogens is 1120 g/mol. The second kappa shape index (κ2) is 27.3. The van der Waals surface area contributed by atoms with E-state index in [2.05, 4.69) is 37.2 Å². The third-order valence-corrected chi connectivity index (χ3v) is 15.6. The van der Waals surface area contributed by atoms with Crippen LogP contribution in [-0.2, 0) is 84.3 Å². The molecule has 0 spiro atoms. The van der Waals surface area contributed by atoms with E-state index in [1.807, 2.05) is 6.92 Å². The first-order valence-electron chi connectivity index (χ1n) is 28.5. The maximum atomic E-state index is 15.5. The Morgan fingerprint density at radius 1 is 0.872 bits per heavy atom. The summed E-state index contributed by atoms with van der Waals surface area (Å²) < 4.78 is 33.2. The molecule has 0 fully saturated rings. The van der Waals surface area contributed by atoms with Gasteiger partial charge in [-0.1, -0.05) is 32.9 Å². The van der Waals surface area contributed by atoms with E-state index in [9.17, 15) is 57.8 Å². The van der Waals surface area contributed by atoms with Gasteiger partial charge in [0.2, 0.25) is 29.5 Å². The number of amides is 10. The number of ether oxygens (including phenoxy) is 3. The van der Waals surface area contributed by atoms with E-state index in [1.165, 1.54) is 10.6 Å². The Bertz CT molecular complexity index is 3460. The smallest absolute Gasteiger partial charge is 0.407 e. The summed E-state index contributed by atoms with van der Waals surface area (Å²) in [5.74, 6) is -6.92. The molecule has 8 rings (SSSR count). The van der Waals surface area contributed by atoms with Crippen LogP contribution in [0.3, 0.4) is 0 Å². The van der Waals surface area contributed by atoms with Gasteiger partial charge < -0.3 is 66.8 Å². The predicted molar refractivity (Wildman–Crippen MR) is 305 cm³/mol. The third-order valence-electron chi connectivity index (χ3n) is 15.6. The quantitative estimate of drug-likeness (QED) is 0.0218. The van der Waals surface area contributed by atoms with Crippen molar-refractivity contribution in [3.05, 3.63) is 104 Å². The molecule has 26 nitrogen and oxygen atoms in total. The number of fused-ring (bicyclic) bond motifs is 5. The second-order valence-corrected chi connectivity index (χ2v) is 21.7. The molecule has 0 saturated carbocycles. The maximum Gasteiger partial charge on any atom is 0.407 e. The third kappa shape index (κ3) is 14.0. The number of hydrogen-bond donors (Lipinski definition) is 9. The van der Waals surface area contributed by atoms with E-state index in [1.54, 1.807) is 58.0 Å². The predicted octanol–water partition coefficient (Wildman–Crippen LogP) is 2.19. The maximum absolute atomic E-state index is 15.5. The Morgan fingerprint density at radius 3 is 2.28 bits per heavy atom. The zero-order valence-electron chi connectivity index (χ0n) is 48.3. The molecule has 5 heterocycles. The Balaban J connectivity index is 0.921. The highest BCUT2D eigenvalue weighted by molar-refractivity contribution is 6.14. The number of primary amides is 1. The number of alkyl carbamates (subject to hydrolysis) is 1. The number of benzene rings is 2. The van der Waals surface area contributed by atoms with Crippen LogP contribution in [0.1, 0.15) is 118 Å². The van der Waals surface area contributed by atoms with Crippen LogP contribution in [0.25, 0.3) is 22.3 Å². The SMILES string of the molecule is CCOCCCC(=O)NCC[C@H](NC(=O)CN1C(=O)C=CC1=O)C(=O)N[C@H](C(=O)NC(CCCNC(N)=O)C(=O)Nc1ccc(COC(=O)N[C@H]2CCc3c(C)c(F)cc4nc5c(c2c34)Cn2c-5cc3c(c2=O)COC(=O)[C@]3(O)CC)cc1)C(C)C. The molecule has 4 aliphatic rings. The molecule has 2 aromatic carbocycles. The van der Waals surface area contributed by atoms with E-state index in [4.69, 9.17) is 24.9 Å². The average Bonchev–Trinajstić information content (AvgIpc) is 1.49. The molecule has 1 unspecified atom stereocenters. The monoisotopic (exact) mass is 1190 g/mol. The van der Waals surface area contributed by atoms with Crippen molar-refractivity contribution in [2.75, 3.05) is 38.2 Å². The fourth-order valence-corrected chi connectivity index (χ4v) is 10.9. The number of aliphatic hydroxyl groups is 1. The molecule has 5 atom stereocenters. The standard InChI is InChI=1S/C59H70FN11O15/c1-6-59(83)37-24-43-51-35(26-70(43)55(79)36(37)29-85-56(59)80)49-39(17-16-34-31(5)38(60)25-42(66-51)48(34)49)68-58(82)86-28-32-12-14-33(15-13-32)64-52(76)40(10-8-21-63-57(61)81)67-54(78)50(30(3)4)69-53(77)41(20-22-62-44(72)11-9-23-84-7-2)65-45(73)27-71-46(74)18-19-47(71)75/h12-15,18-19,24-25,30,39-41,50,83H,6-11,16-17,20-23,26-29H2,1-5H3,(H,62,72)(H,64,76)(H,65,73)(H,67,78)(H,68,82)(H,69,77)(H3,61,63,81)/t39-,40?,41-,50-,59-/m0/s1. The lowest BCUT2D eigenvalue weighted by Crippen LogP contribution is -2.58. The fraction of sp³-hybridized carbons (Fsp3) is 0.458. The molecule has 86 heavy (non-hydrogen) atoms. The number of nitrogens with two attached hydrogens (primary N) is 1. The van der Waals surface area contributed by atoms with E-state index < -0.39 is 107 Å². The van der Waals surface area contributed by atoms with Crippen molar-refractivity contribution in [2.45, 2.75) is 136 Å². The molecule has 10 N–H and O–H groups in total. The summed E-state index contributed by atoms with van der Waals surface area (Å²) in [6.07, 6.45) is 2.43. The largest absolute Gasteiger partial charge is 0.458 e. The number of nitrogens with zero attached hydrogens (tertiary/aromatic N) is 3. The number of nitrogens with one attached hydrogen (secondary N) is 7. The lowest BCUT2D eigenvalue weighted by atomic mass is 9.81. The lowest BCUT2D eigenvalue weighted by molar-refractivity contribution is -0.172. The highest BCUT2D eigenvalue weighted by Crippen LogP contribution is 2.46. The molecule has 10 amide bonds. The summed E-state index contributed by atoms with van der Waals surface area (Å²) in [4.78, 5) is 150. The molecule has 27 heteroatoms. The first-order chi connectivity index (χ1) is 41.0. The van der Waals surface area contributed by atoms with Crippen molar-refractivity contribution in [3.8, 4) is 11.4 Å². The number of aryl methyl sites for hydroxylation is 1. The minimum Gasteiger partial charge on any atom is -0.458 e. The minimum absolute atomic E-state index is 0.0193. The molecule has 3 aliphatic heterocycles. The Labute approximate surface area is 492 Å². The van der Waals surface area contributed by atoms with Gasteiger partial charge in [-0.2, -0.15) is 0 Å². The van der Waals surface area contributed by atoms with Crippen LogP contribution in [0.15, 0.2) is 53.3 Å². The molecule has 0 radical (unpaired) electrons. The zero-order valence-corrected chi connectivity index (χ0v) is 48.3. The van der Waals surface area contributed by atoms with Crippen molar-refractivity contribution in [2.24, 2.45) is 11.7 Å². The zero-order chi connectivity index (χ0) is 62.1. The Kier molecular flexibility index (Phi) is 20.0. The van der Waals surface area contributed by atoms with Crippen molar-refractivity contribution in [1.82, 2.24) is 46.4 Å². The van der Waals surface area contributed by atoms with Crippen LogP contribution in [-0.4, -0.2) is 130 Å². The normalized spacial score (nSPS) is 17.4. The summed E-state index contributed by atoms with van der Waals surface area (Å²) in [7, 11) is 0. The summed E-state index contributed by atoms with van der Waals surface area (Å²) in [6, 6.07) is 3.74. The summed E-state index contributed by atoms with van der Waals surface area (Å²) >= 11 is 0. The van der Waals surface area contributed by atoms with Gasteiger partial charge in [0.1, 0.15) is 43.7 Å². The number of cyclic esters (lactones) is 1. The summed E-state index contributed by atoms with van der Waals surface area (Å²) in [5, 5.41) is 30.7. The number of hydrogen-bond acceptors (Lipinski definition) is 16. The van der Waals surface area contributed by atoms with Crippen LogP contribution in [0.5, 0.6) is 0 Å². The van der Waals surface area contributed by atoms with Gasteiger partial charge in [-0.3, -0.25) is 43.3 Å². The number of urea groups is 1. The lowest BCUT2D eigenvalue weighted by Gasteiger charge is -2.31. The molecule has 1 aliphatic carbocycles. The number of rotatable bonds is 26. The van der Waals surface area contributed by atoms with Crippen molar-refractivity contribution >= 4 is 76.0 Å². The topological polar surface area (TPSA) is 367 Å². The highest BCUT2D eigenvalue weighted by atomic mass is 19.1. The van der Waals surface area contributed by atoms with Gasteiger partial charge in [0.15, 0.2) is 5.60 Å². The van der Waals surface area contributed by atoms with E-state index in [0.717, 1.165) is 12.2 Å². The molecule has 0 bridgehead atoms. The van der Waals surface area contributed by atoms with Gasteiger partial charge in [-0.25, -0.2) is 23.8 Å². The van der Waals surface area contributed by atoms with Crippen molar-refractivity contribution in [1.29, 1.82) is 0 Å². The van der Waals surface area contributed by atoms with Crippen LogP contribution in [0, 0.1) is 18.7 Å². The first kappa shape index (κ1) is 62.9. The second-order valence-electron chi connectivity index (χ2n) is 21.7. The van der Waals surface area contributed by atoms with E-state index in [-0.39, 0.29) is 87.7 Å². The van der Waals surface area contributed by atoms with Crippen molar-refractivity contribution < 1.29 is 71.7 Å². The van der Waals surface area contributed by atoms with Crippen LogP contribution in [0.2, 0.25) is 0 Å². The first-order valence-corrected chi connectivity index (χ1v) is 28.5. The average molecular weight is 1190 g/mol. The number of esters is 1. The number of aromatic nitrogens is 2.